The molecule has 5 heteroatoms. The Morgan fingerprint density at radius 2 is 2.26 bits per heavy atom. The molecule has 2 unspecified atom stereocenters. The predicted molar refractivity (Wildman–Crippen MR) is 76.5 cm³/mol. The zero-order valence-electron chi connectivity index (χ0n) is 10.3. The zero-order valence-corrected chi connectivity index (χ0v) is 11.8. The lowest BCUT2D eigenvalue weighted by Crippen LogP contribution is -2.34. The van der Waals surface area contributed by atoms with Crippen LogP contribution in [0.3, 0.4) is 0 Å². The van der Waals surface area contributed by atoms with Gasteiger partial charge in [0.1, 0.15) is 10.2 Å². The summed E-state index contributed by atoms with van der Waals surface area (Å²) in [7, 11) is 0. The average molecular weight is 297 g/mol. The second kappa shape index (κ2) is 5.57. The topological polar surface area (TPSA) is 24.9 Å². The van der Waals surface area contributed by atoms with Gasteiger partial charge < -0.3 is 5.32 Å². The first-order chi connectivity index (χ1) is 9.24. The third-order valence-corrected chi connectivity index (χ3v) is 4.82. The molecule has 2 heterocycles. The summed E-state index contributed by atoms with van der Waals surface area (Å²) in [6.45, 7) is 1.82. The number of hydrogen-bond donors (Lipinski definition) is 1. The average Bonchev–Trinajstić information content (AvgIpc) is 2.85. The van der Waals surface area contributed by atoms with Gasteiger partial charge in [0.2, 0.25) is 0 Å². The minimum Gasteiger partial charge on any atom is -0.316 e. The van der Waals surface area contributed by atoms with Gasteiger partial charge in [-0.3, -0.25) is 0 Å². The van der Waals surface area contributed by atoms with Gasteiger partial charge >= 0.3 is 0 Å². The highest BCUT2D eigenvalue weighted by molar-refractivity contribution is 7.15. The van der Waals surface area contributed by atoms with E-state index in [1.165, 1.54) is 17.4 Å². The molecule has 1 N–H and O–H groups in total. The molecule has 0 radical (unpaired) electrons. The Hall–Kier alpha value is -0.970. The smallest absolute Gasteiger partial charge is 0.123 e. The van der Waals surface area contributed by atoms with E-state index in [0.717, 1.165) is 30.1 Å². The standard InChI is InChI=1S/C14H14ClFN2S/c15-13-8-18-14(19-13)11-4-5-17-7-12(11)9-2-1-3-10(16)6-9/h1-3,6,8,11-12,17H,4-5,7H2. The van der Waals surface area contributed by atoms with Gasteiger partial charge in [0.05, 0.1) is 11.2 Å². The summed E-state index contributed by atoms with van der Waals surface area (Å²) in [5.74, 6) is 0.395. The van der Waals surface area contributed by atoms with Crippen LogP contribution in [0.2, 0.25) is 4.34 Å². The summed E-state index contributed by atoms with van der Waals surface area (Å²) in [6, 6.07) is 6.86. The first-order valence-corrected chi connectivity index (χ1v) is 7.51. The van der Waals surface area contributed by atoms with Gasteiger partial charge in [-0.25, -0.2) is 9.37 Å². The van der Waals surface area contributed by atoms with E-state index in [2.05, 4.69) is 10.3 Å². The summed E-state index contributed by atoms with van der Waals surface area (Å²) in [4.78, 5) is 4.40. The number of piperidine rings is 1. The molecular formula is C14H14ClFN2S. The predicted octanol–water partition coefficient (Wildman–Crippen LogP) is 3.80. The van der Waals surface area contributed by atoms with Crippen molar-refractivity contribution in [2.24, 2.45) is 0 Å². The molecule has 2 nitrogen and oxygen atoms in total. The Morgan fingerprint density at radius 1 is 1.37 bits per heavy atom. The van der Waals surface area contributed by atoms with E-state index in [-0.39, 0.29) is 11.7 Å². The van der Waals surface area contributed by atoms with Crippen molar-refractivity contribution < 1.29 is 4.39 Å². The SMILES string of the molecule is Fc1cccc(C2CNCCC2c2ncc(Cl)s2)c1. The van der Waals surface area contributed by atoms with Crippen LogP contribution >= 0.6 is 22.9 Å². The molecule has 1 aromatic carbocycles. The number of benzene rings is 1. The Labute approximate surface area is 120 Å². The fraction of sp³-hybridized carbons (Fsp3) is 0.357. The highest BCUT2D eigenvalue weighted by Gasteiger charge is 2.30. The van der Waals surface area contributed by atoms with Crippen LogP contribution in [0, 0.1) is 5.82 Å². The summed E-state index contributed by atoms with van der Waals surface area (Å²) in [6.07, 6.45) is 2.71. The number of hydrogen-bond acceptors (Lipinski definition) is 3. The maximum absolute atomic E-state index is 13.4. The third kappa shape index (κ3) is 2.81. The van der Waals surface area contributed by atoms with Crippen LogP contribution in [0.5, 0.6) is 0 Å². The largest absolute Gasteiger partial charge is 0.316 e. The number of nitrogens with one attached hydrogen (secondary N) is 1. The molecule has 1 aliphatic heterocycles. The van der Waals surface area contributed by atoms with E-state index in [4.69, 9.17) is 11.6 Å². The molecule has 2 atom stereocenters. The van der Waals surface area contributed by atoms with Gasteiger partial charge in [0, 0.05) is 18.4 Å². The van der Waals surface area contributed by atoms with E-state index in [1.807, 2.05) is 6.07 Å². The van der Waals surface area contributed by atoms with Crippen molar-refractivity contribution in [2.45, 2.75) is 18.3 Å². The van der Waals surface area contributed by atoms with Crippen molar-refractivity contribution in [1.82, 2.24) is 10.3 Å². The Kier molecular flexibility index (Phi) is 3.82. The van der Waals surface area contributed by atoms with Crippen LogP contribution in [-0.2, 0) is 0 Å². The lowest BCUT2D eigenvalue weighted by atomic mass is 9.82. The van der Waals surface area contributed by atoms with E-state index in [0.29, 0.717) is 10.3 Å². The lowest BCUT2D eigenvalue weighted by molar-refractivity contribution is 0.402. The van der Waals surface area contributed by atoms with Crippen LogP contribution in [0.15, 0.2) is 30.5 Å². The Bertz CT molecular complexity index is 572. The number of nitrogens with zero attached hydrogens (tertiary/aromatic N) is 1. The van der Waals surface area contributed by atoms with Crippen molar-refractivity contribution in [3.8, 4) is 0 Å². The van der Waals surface area contributed by atoms with E-state index in [1.54, 1.807) is 18.3 Å². The van der Waals surface area contributed by atoms with E-state index >= 15 is 0 Å². The van der Waals surface area contributed by atoms with Crippen molar-refractivity contribution in [1.29, 1.82) is 0 Å². The number of rotatable bonds is 2. The summed E-state index contributed by atoms with van der Waals surface area (Å²) in [5.41, 5.74) is 1.03. The summed E-state index contributed by atoms with van der Waals surface area (Å²) in [5, 5.41) is 4.44. The molecule has 100 valence electrons. The van der Waals surface area contributed by atoms with Gasteiger partial charge in [-0.05, 0) is 30.7 Å². The van der Waals surface area contributed by atoms with Crippen molar-refractivity contribution >= 4 is 22.9 Å². The first-order valence-electron chi connectivity index (χ1n) is 6.31. The first kappa shape index (κ1) is 13.0. The van der Waals surface area contributed by atoms with Gasteiger partial charge in [-0.15, -0.1) is 11.3 Å². The molecule has 0 saturated carbocycles. The monoisotopic (exact) mass is 296 g/mol. The fourth-order valence-electron chi connectivity index (χ4n) is 2.68. The van der Waals surface area contributed by atoms with Crippen molar-refractivity contribution in [2.75, 3.05) is 13.1 Å². The minimum atomic E-state index is -0.181. The summed E-state index contributed by atoms with van der Waals surface area (Å²) >= 11 is 7.51. The molecule has 1 fully saturated rings. The van der Waals surface area contributed by atoms with Crippen molar-refractivity contribution in [3.63, 3.8) is 0 Å². The molecule has 0 spiro atoms. The van der Waals surface area contributed by atoms with Crippen LogP contribution in [-0.4, -0.2) is 18.1 Å². The number of aromatic nitrogens is 1. The normalized spacial score (nSPS) is 23.5. The molecule has 1 saturated heterocycles. The maximum Gasteiger partial charge on any atom is 0.123 e. The Balaban J connectivity index is 1.93. The van der Waals surface area contributed by atoms with Crippen LogP contribution in [0.25, 0.3) is 0 Å². The third-order valence-electron chi connectivity index (χ3n) is 3.57. The number of halogens is 2. The fourth-order valence-corrected chi connectivity index (χ4v) is 3.81. The molecule has 1 aromatic heterocycles. The molecule has 1 aliphatic rings. The Morgan fingerprint density at radius 3 is 3.00 bits per heavy atom. The zero-order chi connectivity index (χ0) is 13.2. The van der Waals surface area contributed by atoms with Crippen LogP contribution < -0.4 is 5.32 Å². The molecule has 0 bridgehead atoms. The van der Waals surface area contributed by atoms with Crippen LogP contribution in [0.1, 0.15) is 28.8 Å². The van der Waals surface area contributed by atoms with Crippen molar-refractivity contribution in [3.05, 3.63) is 51.2 Å². The molecule has 19 heavy (non-hydrogen) atoms. The maximum atomic E-state index is 13.4. The second-order valence-corrected chi connectivity index (χ2v) is 6.46. The van der Waals surface area contributed by atoms with Gasteiger partial charge in [0.15, 0.2) is 0 Å². The molecule has 3 rings (SSSR count). The van der Waals surface area contributed by atoms with Crippen LogP contribution in [0.4, 0.5) is 4.39 Å². The van der Waals surface area contributed by atoms with Gasteiger partial charge in [-0.1, -0.05) is 23.7 Å². The van der Waals surface area contributed by atoms with E-state index in [9.17, 15) is 4.39 Å². The van der Waals surface area contributed by atoms with E-state index < -0.39 is 0 Å². The minimum absolute atomic E-state index is 0.181. The summed E-state index contributed by atoms with van der Waals surface area (Å²) < 4.78 is 14.1. The second-order valence-electron chi connectivity index (χ2n) is 4.76. The molecule has 0 aliphatic carbocycles. The highest BCUT2D eigenvalue weighted by Crippen LogP contribution is 2.39. The number of thiazole rings is 1. The highest BCUT2D eigenvalue weighted by atomic mass is 35.5. The van der Waals surface area contributed by atoms with Gasteiger partial charge in [-0.2, -0.15) is 0 Å². The molecular weight excluding hydrogens is 283 g/mol. The van der Waals surface area contributed by atoms with Gasteiger partial charge in [0.25, 0.3) is 0 Å². The quantitative estimate of drug-likeness (QED) is 0.912. The molecule has 2 aromatic rings. The lowest BCUT2D eigenvalue weighted by Gasteiger charge is -2.31. The molecule has 0 amide bonds.